The monoisotopic (exact) mass is 474 g/mol. The van der Waals surface area contributed by atoms with Gasteiger partial charge in [-0.15, -0.1) is 5.10 Å². The summed E-state index contributed by atoms with van der Waals surface area (Å²) in [7, 11) is 1.71. The van der Waals surface area contributed by atoms with Gasteiger partial charge in [0.15, 0.2) is 5.82 Å². The van der Waals surface area contributed by atoms with E-state index in [0.717, 1.165) is 61.7 Å². The number of hydrogen-bond donors (Lipinski definition) is 1. The van der Waals surface area contributed by atoms with Gasteiger partial charge in [-0.05, 0) is 55.2 Å². The fourth-order valence-corrected chi connectivity index (χ4v) is 4.28. The van der Waals surface area contributed by atoms with Crippen LogP contribution in [0.25, 0.3) is 10.8 Å². The quantitative estimate of drug-likeness (QED) is 0.493. The molecule has 3 aromatic rings. The lowest BCUT2D eigenvalue weighted by Gasteiger charge is -2.32. The average molecular weight is 475 g/mol. The molecule has 1 fully saturated rings. The van der Waals surface area contributed by atoms with E-state index in [1.165, 1.54) is 13.0 Å². The SMILES string of the molecule is COCCN1CCC(Oc2ccc3cnnc(NCc4cccc(C(F)(F)F)c4C)c3c2)CC1. The number of rotatable bonds is 8. The van der Waals surface area contributed by atoms with Crippen molar-refractivity contribution >= 4 is 16.6 Å². The van der Waals surface area contributed by atoms with Crippen molar-refractivity contribution in [2.24, 2.45) is 0 Å². The van der Waals surface area contributed by atoms with Crippen LogP contribution >= 0.6 is 0 Å². The number of fused-ring (bicyclic) bond motifs is 1. The molecule has 6 nitrogen and oxygen atoms in total. The van der Waals surface area contributed by atoms with Crippen molar-refractivity contribution in [3.05, 3.63) is 59.3 Å². The van der Waals surface area contributed by atoms with Gasteiger partial charge in [0.1, 0.15) is 11.9 Å². The van der Waals surface area contributed by atoms with Gasteiger partial charge >= 0.3 is 6.18 Å². The molecular weight excluding hydrogens is 445 g/mol. The van der Waals surface area contributed by atoms with Crippen molar-refractivity contribution in [3.63, 3.8) is 0 Å². The van der Waals surface area contributed by atoms with Crippen LogP contribution < -0.4 is 10.1 Å². The zero-order chi connectivity index (χ0) is 24.1. The lowest BCUT2D eigenvalue weighted by molar-refractivity contribution is -0.138. The Morgan fingerprint density at radius 2 is 1.94 bits per heavy atom. The Balaban J connectivity index is 1.46. The molecule has 0 spiro atoms. The summed E-state index contributed by atoms with van der Waals surface area (Å²) < 4.78 is 51.1. The Bertz CT molecular complexity index is 1120. The van der Waals surface area contributed by atoms with Crippen LogP contribution in [0, 0.1) is 6.92 Å². The van der Waals surface area contributed by atoms with E-state index < -0.39 is 11.7 Å². The van der Waals surface area contributed by atoms with E-state index in [1.807, 2.05) is 18.2 Å². The number of methoxy groups -OCH3 is 1. The number of aromatic nitrogens is 2. The number of nitrogens with zero attached hydrogens (tertiary/aromatic N) is 3. The van der Waals surface area contributed by atoms with Crippen molar-refractivity contribution < 1.29 is 22.6 Å². The minimum absolute atomic E-state index is 0.134. The number of alkyl halides is 3. The molecule has 182 valence electrons. The minimum atomic E-state index is -4.38. The first kappa shape index (κ1) is 24.2. The van der Waals surface area contributed by atoms with Crippen molar-refractivity contribution in [3.8, 4) is 5.75 Å². The number of hydrogen-bond acceptors (Lipinski definition) is 6. The highest BCUT2D eigenvalue weighted by atomic mass is 19.4. The Hall–Kier alpha value is -2.91. The summed E-state index contributed by atoms with van der Waals surface area (Å²) in [5.74, 6) is 1.25. The van der Waals surface area contributed by atoms with Gasteiger partial charge in [0, 0.05) is 44.1 Å². The second-order valence-electron chi connectivity index (χ2n) is 8.53. The summed E-state index contributed by atoms with van der Waals surface area (Å²) in [5, 5.41) is 13.1. The Labute approximate surface area is 197 Å². The van der Waals surface area contributed by atoms with Crippen molar-refractivity contribution in [2.45, 2.75) is 38.6 Å². The molecule has 1 N–H and O–H groups in total. The summed E-state index contributed by atoms with van der Waals surface area (Å²) in [6, 6.07) is 9.97. The predicted octanol–water partition coefficient (Wildman–Crippen LogP) is 5.06. The van der Waals surface area contributed by atoms with Crippen LogP contribution in [0.3, 0.4) is 0 Å². The van der Waals surface area contributed by atoms with Gasteiger partial charge in [0.2, 0.25) is 0 Å². The molecule has 2 heterocycles. The Morgan fingerprint density at radius 1 is 1.15 bits per heavy atom. The maximum Gasteiger partial charge on any atom is 0.416 e. The topological polar surface area (TPSA) is 59.5 Å². The number of halogens is 3. The first-order valence-electron chi connectivity index (χ1n) is 11.4. The number of ether oxygens (including phenoxy) is 2. The normalized spacial score (nSPS) is 15.6. The average Bonchev–Trinajstić information content (AvgIpc) is 2.82. The summed E-state index contributed by atoms with van der Waals surface area (Å²) in [5.41, 5.74) is 0.137. The second-order valence-corrected chi connectivity index (χ2v) is 8.53. The molecule has 9 heteroatoms. The molecule has 1 aliphatic heterocycles. The highest BCUT2D eigenvalue weighted by Gasteiger charge is 2.32. The third-order valence-electron chi connectivity index (χ3n) is 6.28. The standard InChI is InChI=1S/C25H29F3N4O2/c1-17-18(4-3-5-23(17)25(26,27)28)15-29-24-22-14-21(7-6-19(22)16-30-31-24)34-20-8-10-32(11-9-20)12-13-33-2/h3-7,14,16,20H,8-13,15H2,1-2H3,(H,29,31). The maximum atomic E-state index is 13.2. The molecule has 0 radical (unpaired) electrons. The van der Waals surface area contributed by atoms with Gasteiger partial charge in [-0.25, -0.2) is 0 Å². The largest absolute Gasteiger partial charge is 0.490 e. The molecule has 0 bridgehead atoms. The van der Waals surface area contributed by atoms with Crippen LogP contribution in [-0.2, 0) is 17.5 Å². The fourth-order valence-electron chi connectivity index (χ4n) is 4.28. The van der Waals surface area contributed by atoms with Crippen LogP contribution in [-0.4, -0.2) is 54.6 Å². The number of anilines is 1. The first-order valence-corrected chi connectivity index (χ1v) is 11.4. The van der Waals surface area contributed by atoms with Crippen LogP contribution in [0.5, 0.6) is 5.75 Å². The van der Waals surface area contributed by atoms with E-state index >= 15 is 0 Å². The number of benzene rings is 2. The summed E-state index contributed by atoms with van der Waals surface area (Å²) in [4.78, 5) is 2.37. The third kappa shape index (κ3) is 5.77. The zero-order valence-electron chi connectivity index (χ0n) is 19.4. The molecule has 0 aliphatic carbocycles. The molecule has 0 unspecified atom stereocenters. The van der Waals surface area contributed by atoms with E-state index in [4.69, 9.17) is 9.47 Å². The van der Waals surface area contributed by atoms with E-state index in [9.17, 15) is 13.2 Å². The molecule has 0 saturated carbocycles. The zero-order valence-corrected chi connectivity index (χ0v) is 19.4. The predicted molar refractivity (Wildman–Crippen MR) is 125 cm³/mol. The van der Waals surface area contributed by atoms with Crippen molar-refractivity contribution in [1.29, 1.82) is 0 Å². The number of piperidine rings is 1. The lowest BCUT2D eigenvalue weighted by Crippen LogP contribution is -2.39. The molecule has 4 rings (SSSR count). The number of nitrogens with one attached hydrogen (secondary N) is 1. The van der Waals surface area contributed by atoms with Crippen LogP contribution in [0.15, 0.2) is 42.6 Å². The van der Waals surface area contributed by atoms with Gasteiger partial charge in [0.05, 0.1) is 18.4 Å². The van der Waals surface area contributed by atoms with Crippen molar-refractivity contribution in [2.75, 3.05) is 38.7 Å². The lowest BCUT2D eigenvalue weighted by atomic mass is 10.0. The first-order chi connectivity index (χ1) is 16.3. The van der Waals surface area contributed by atoms with E-state index in [1.54, 1.807) is 19.4 Å². The van der Waals surface area contributed by atoms with Crippen LogP contribution in [0.4, 0.5) is 19.0 Å². The maximum absolute atomic E-state index is 13.2. The fraction of sp³-hybridized carbons (Fsp3) is 0.440. The molecule has 34 heavy (non-hydrogen) atoms. The summed E-state index contributed by atoms with van der Waals surface area (Å²) in [6.45, 7) is 5.29. The second kappa shape index (κ2) is 10.6. The molecule has 0 amide bonds. The summed E-state index contributed by atoms with van der Waals surface area (Å²) in [6.07, 6.45) is -0.707. The van der Waals surface area contributed by atoms with Gasteiger partial charge in [-0.2, -0.15) is 18.3 Å². The minimum Gasteiger partial charge on any atom is -0.490 e. The van der Waals surface area contributed by atoms with Gasteiger partial charge in [-0.3, -0.25) is 0 Å². The van der Waals surface area contributed by atoms with E-state index in [2.05, 4.69) is 20.4 Å². The highest BCUT2D eigenvalue weighted by Crippen LogP contribution is 2.33. The molecule has 1 saturated heterocycles. The Kier molecular flexibility index (Phi) is 7.53. The molecular formula is C25H29F3N4O2. The summed E-state index contributed by atoms with van der Waals surface area (Å²) >= 11 is 0. The molecule has 2 aromatic carbocycles. The van der Waals surface area contributed by atoms with Gasteiger partial charge < -0.3 is 19.7 Å². The van der Waals surface area contributed by atoms with Crippen LogP contribution in [0.2, 0.25) is 0 Å². The smallest absolute Gasteiger partial charge is 0.416 e. The van der Waals surface area contributed by atoms with Crippen molar-refractivity contribution in [1.82, 2.24) is 15.1 Å². The Morgan fingerprint density at radius 3 is 2.68 bits per heavy atom. The molecule has 0 atom stereocenters. The number of likely N-dealkylation sites (tertiary alicyclic amines) is 1. The molecule has 1 aliphatic rings. The molecule has 1 aromatic heterocycles. The van der Waals surface area contributed by atoms with Gasteiger partial charge in [-0.1, -0.05) is 12.1 Å². The third-order valence-corrected chi connectivity index (χ3v) is 6.28. The van der Waals surface area contributed by atoms with E-state index in [-0.39, 0.29) is 18.2 Å². The van der Waals surface area contributed by atoms with Gasteiger partial charge in [0.25, 0.3) is 0 Å². The van der Waals surface area contributed by atoms with E-state index in [0.29, 0.717) is 11.4 Å². The van der Waals surface area contributed by atoms with Crippen LogP contribution in [0.1, 0.15) is 29.5 Å². The highest BCUT2D eigenvalue weighted by molar-refractivity contribution is 5.92.